The number of aromatic nitrogens is 1. The molecule has 2 aromatic rings. The molecule has 4 nitrogen and oxygen atoms in total. The number of benzene rings is 1. The second-order valence-corrected chi connectivity index (χ2v) is 4.08. The molecule has 2 rings (SSSR count). The van der Waals surface area contributed by atoms with Gasteiger partial charge in [-0.2, -0.15) is 0 Å². The van der Waals surface area contributed by atoms with Crippen LogP contribution < -0.4 is 14.8 Å². The second kappa shape index (κ2) is 6.64. The van der Waals surface area contributed by atoms with Crippen LogP contribution in [-0.2, 0) is 6.42 Å². The highest BCUT2D eigenvalue weighted by Gasteiger charge is 2.02. The Morgan fingerprint density at radius 1 is 1.05 bits per heavy atom. The molecular weight excluding hydrogens is 240 g/mol. The molecule has 1 heterocycles. The Morgan fingerprint density at radius 3 is 2.53 bits per heavy atom. The maximum absolute atomic E-state index is 5.24. The van der Waals surface area contributed by atoms with E-state index in [4.69, 9.17) is 9.47 Å². The van der Waals surface area contributed by atoms with Gasteiger partial charge in [0.15, 0.2) is 11.6 Å². The number of methoxy groups -OCH3 is 2. The van der Waals surface area contributed by atoms with Crippen LogP contribution in [0.4, 0.5) is 5.82 Å². The summed E-state index contributed by atoms with van der Waals surface area (Å²) < 4.78 is 10.4. The molecule has 0 fully saturated rings. The Morgan fingerprint density at radius 2 is 1.84 bits per heavy atom. The van der Waals surface area contributed by atoms with Gasteiger partial charge in [0.2, 0.25) is 0 Å². The zero-order valence-electron chi connectivity index (χ0n) is 11.2. The summed E-state index contributed by atoms with van der Waals surface area (Å²) >= 11 is 0. The van der Waals surface area contributed by atoms with Crippen LogP contribution in [0, 0.1) is 0 Å². The van der Waals surface area contributed by atoms with Gasteiger partial charge in [-0.15, -0.1) is 0 Å². The minimum atomic E-state index is 0.761. The van der Waals surface area contributed by atoms with Crippen molar-refractivity contribution < 1.29 is 9.47 Å². The lowest BCUT2D eigenvalue weighted by Gasteiger charge is -2.09. The first kappa shape index (κ1) is 13.2. The summed E-state index contributed by atoms with van der Waals surface area (Å²) in [7, 11) is 3.32. The highest BCUT2D eigenvalue weighted by molar-refractivity contribution is 5.49. The summed E-state index contributed by atoms with van der Waals surface area (Å²) in [5, 5.41) is 3.27. The summed E-state index contributed by atoms with van der Waals surface area (Å²) in [6, 6.07) is 11.8. The van der Waals surface area contributed by atoms with Gasteiger partial charge in [-0.05, 0) is 36.2 Å². The first-order valence-corrected chi connectivity index (χ1v) is 6.19. The van der Waals surface area contributed by atoms with Crippen LogP contribution in [0.3, 0.4) is 0 Å². The van der Waals surface area contributed by atoms with Gasteiger partial charge in [-0.25, -0.2) is 4.98 Å². The zero-order chi connectivity index (χ0) is 13.5. The van der Waals surface area contributed by atoms with E-state index in [9.17, 15) is 0 Å². The van der Waals surface area contributed by atoms with Crippen molar-refractivity contribution in [3.63, 3.8) is 0 Å². The number of hydrogen-bond donors (Lipinski definition) is 1. The maximum Gasteiger partial charge on any atom is 0.168 e. The molecule has 0 unspecified atom stereocenters. The molecule has 0 aliphatic rings. The molecule has 1 N–H and O–H groups in total. The number of ether oxygens (including phenoxy) is 2. The molecular formula is C15H18N2O2. The third-order valence-electron chi connectivity index (χ3n) is 2.86. The Labute approximate surface area is 113 Å². The van der Waals surface area contributed by atoms with Crippen molar-refractivity contribution >= 4 is 5.82 Å². The molecule has 0 saturated heterocycles. The van der Waals surface area contributed by atoms with Crippen molar-refractivity contribution in [1.29, 1.82) is 0 Å². The van der Waals surface area contributed by atoms with Gasteiger partial charge in [0, 0.05) is 12.7 Å². The van der Waals surface area contributed by atoms with Gasteiger partial charge in [0.05, 0.1) is 14.2 Å². The molecule has 0 radical (unpaired) electrons. The smallest absolute Gasteiger partial charge is 0.168 e. The van der Waals surface area contributed by atoms with E-state index in [0.717, 1.165) is 30.3 Å². The standard InChI is InChI=1S/C15H18N2O2/c1-18-13-7-5-12(6-8-13)9-11-17-15-14(19-2)4-3-10-16-15/h3-8,10H,9,11H2,1-2H3,(H,16,17). The topological polar surface area (TPSA) is 43.4 Å². The van der Waals surface area contributed by atoms with Crippen LogP contribution in [0.5, 0.6) is 11.5 Å². The normalized spacial score (nSPS) is 10.0. The molecule has 4 heteroatoms. The van der Waals surface area contributed by atoms with Crippen LogP contribution in [0.15, 0.2) is 42.6 Å². The zero-order valence-corrected chi connectivity index (χ0v) is 11.2. The van der Waals surface area contributed by atoms with E-state index in [1.54, 1.807) is 20.4 Å². The monoisotopic (exact) mass is 258 g/mol. The number of hydrogen-bond acceptors (Lipinski definition) is 4. The number of anilines is 1. The molecule has 1 aromatic carbocycles. The summed E-state index contributed by atoms with van der Waals surface area (Å²) in [5.41, 5.74) is 1.25. The molecule has 0 saturated carbocycles. The Balaban J connectivity index is 1.88. The molecule has 0 spiro atoms. The fourth-order valence-corrected chi connectivity index (χ4v) is 1.81. The molecule has 100 valence electrons. The van der Waals surface area contributed by atoms with Gasteiger partial charge in [-0.3, -0.25) is 0 Å². The van der Waals surface area contributed by atoms with E-state index in [2.05, 4.69) is 22.4 Å². The van der Waals surface area contributed by atoms with Gasteiger partial charge >= 0.3 is 0 Å². The second-order valence-electron chi connectivity index (χ2n) is 4.08. The summed E-state index contributed by atoms with van der Waals surface area (Å²) in [5.74, 6) is 2.42. The van der Waals surface area contributed by atoms with E-state index in [1.807, 2.05) is 24.3 Å². The van der Waals surface area contributed by atoms with Crippen LogP contribution in [0.2, 0.25) is 0 Å². The molecule has 0 aliphatic heterocycles. The largest absolute Gasteiger partial charge is 0.497 e. The molecule has 19 heavy (non-hydrogen) atoms. The number of nitrogens with zero attached hydrogens (tertiary/aromatic N) is 1. The van der Waals surface area contributed by atoms with Crippen LogP contribution >= 0.6 is 0 Å². The SMILES string of the molecule is COc1ccc(CCNc2ncccc2OC)cc1. The minimum absolute atomic E-state index is 0.761. The summed E-state index contributed by atoms with van der Waals surface area (Å²) in [6.45, 7) is 0.805. The van der Waals surface area contributed by atoms with Crippen molar-refractivity contribution in [1.82, 2.24) is 4.98 Å². The molecule has 0 aliphatic carbocycles. The van der Waals surface area contributed by atoms with E-state index in [1.165, 1.54) is 5.56 Å². The van der Waals surface area contributed by atoms with Crippen LogP contribution in [0.1, 0.15) is 5.56 Å². The van der Waals surface area contributed by atoms with Crippen molar-refractivity contribution in [2.75, 3.05) is 26.1 Å². The van der Waals surface area contributed by atoms with E-state index in [-0.39, 0.29) is 0 Å². The number of pyridine rings is 1. The first-order chi connectivity index (χ1) is 9.33. The molecule has 0 bridgehead atoms. The maximum atomic E-state index is 5.24. The van der Waals surface area contributed by atoms with E-state index in [0.29, 0.717) is 0 Å². The van der Waals surface area contributed by atoms with Gasteiger partial charge < -0.3 is 14.8 Å². The summed E-state index contributed by atoms with van der Waals surface area (Å²) in [6.07, 6.45) is 2.67. The lowest BCUT2D eigenvalue weighted by atomic mass is 10.1. The van der Waals surface area contributed by atoms with E-state index < -0.39 is 0 Å². The van der Waals surface area contributed by atoms with Crippen molar-refractivity contribution in [2.45, 2.75) is 6.42 Å². The average molecular weight is 258 g/mol. The van der Waals surface area contributed by atoms with Crippen molar-refractivity contribution in [2.24, 2.45) is 0 Å². The van der Waals surface area contributed by atoms with Crippen LogP contribution in [-0.4, -0.2) is 25.7 Å². The first-order valence-electron chi connectivity index (χ1n) is 6.19. The third kappa shape index (κ3) is 3.61. The van der Waals surface area contributed by atoms with Gasteiger partial charge in [0.25, 0.3) is 0 Å². The van der Waals surface area contributed by atoms with Gasteiger partial charge in [-0.1, -0.05) is 12.1 Å². The minimum Gasteiger partial charge on any atom is -0.497 e. The van der Waals surface area contributed by atoms with Crippen molar-refractivity contribution in [3.8, 4) is 11.5 Å². The average Bonchev–Trinajstić information content (AvgIpc) is 2.48. The van der Waals surface area contributed by atoms with Crippen molar-refractivity contribution in [3.05, 3.63) is 48.2 Å². The predicted molar refractivity (Wildman–Crippen MR) is 76.0 cm³/mol. The molecule has 0 atom stereocenters. The quantitative estimate of drug-likeness (QED) is 0.865. The fraction of sp³-hybridized carbons (Fsp3) is 0.267. The Kier molecular flexibility index (Phi) is 4.61. The highest BCUT2D eigenvalue weighted by Crippen LogP contribution is 2.20. The number of nitrogens with one attached hydrogen (secondary N) is 1. The fourth-order valence-electron chi connectivity index (χ4n) is 1.81. The lowest BCUT2D eigenvalue weighted by Crippen LogP contribution is -2.07. The Bertz CT molecular complexity index is 512. The Hall–Kier alpha value is -2.23. The molecule has 1 aromatic heterocycles. The lowest BCUT2D eigenvalue weighted by molar-refractivity contribution is 0.414. The summed E-state index contributed by atoms with van der Waals surface area (Å²) in [4.78, 5) is 4.25. The third-order valence-corrected chi connectivity index (χ3v) is 2.86. The highest BCUT2D eigenvalue weighted by atomic mass is 16.5. The number of rotatable bonds is 6. The van der Waals surface area contributed by atoms with E-state index >= 15 is 0 Å². The predicted octanol–water partition coefficient (Wildman–Crippen LogP) is 2.75. The van der Waals surface area contributed by atoms with Gasteiger partial charge in [0.1, 0.15) is 5.75 Å². The molecule has 0 amide bonds. The van der Waals surface area contributed by atoms with Crippen LogP contribution in [0.25, 0.3) is 0 Å².